The lowest BCUT2D eigenvalue weighted by molar-refractivity contribution is -0.583. The minimum absolute atomic E-state index is 0.625. The molecule has 0 aliphatic carbocycles. The molecule has 52 valence electrons. The Morgan fingerprint density at radius 3 is 1.33 bits per heavy atom. The molecule has 2 heterocycles. The third-order valence-electron chi connectivity index (χ3n) is 1.43. The van der Waals surface area contributed by atoms with Crippen molar-refractivity contribution in [2.24, 2.45) is 0 Å². The summed E-state index contributed by atoms with van der Waals surface area (Å²) in [4.78, 5) is 19.2. The lowest BCUT2D eigenvalue weighted by Gasteiger charge is -2.20. The molecule has 0 spiro atoms. The van der Waals surface area contributed by atoms with Gasteiger partial charge in [0.15, 0.2) is 0 Å². The van der Waals surface area contributed by atoms with Crippen molar-refractivity contribution in [1.82, 2.24) is 0 Å². The summed E-state index contributed by atoms with van der Waals surface area (Å²) < 4.78 is 0. The number of fused-ring (bicyclic) bond motifs is 2. The van der Waals surface area contributed by atoms with Crippen molar-refractivity contribution in [3.63, 3.8) is 0 Å². The average Bonchev–Trinajstić information content (AvgIpc) is 2.19. The topological polar surface area (TPSA) is 36.9 Å². The second-order valence-corrected chi connectivity index (χ2v) is 2.78. The third kappa shape index (κ3) is 0.679. The van der Waals surface area contributed by atoms with Crippen LogP contribution in [0.1, 0.15) is 20.3 Å². The molecule has 0 unspecified atom stereocenters. The molecule has 2 bridgehead atoms. The summed E-state index contributed by atoms with van der Waals surface area (Å²) in [6.45, 7) is 3.54. The van der Waals surface area contributed by atoms with Crippen molar-refractivity contribution in [2.75, 3.05) is 0 Å². The molecule has 2 aliphatic heterocycles. The molecule has 4 nitrogen and oxygen atoms in total. The summed E-state index contributed by atoms with van der Waals surface area (Å²) in [6, 6.07) is 0. The van der Waals surface area contributed by atoms with Gasteiger partial charge in [-0.05, 0) is 13.8 Å². The molecular formula is C5H8O4. The van der Waals surface area contributed by atoms with Crippen molar-refractivity contribution in [3.05, 3.63) is 0 Å². The SMILES string of the molecule is CC12CC(C)(OO1)OO2. The van der Waals surface area contributed by atoms with Crippen LogP contribution in [0.15, 0.2) is 0 Å². The van der Waals surface area contributed by atoms with Gasteiger partial charge in [-0.15, -0.1) is 0 Å². The first kappa shape index (κ1) is 5.61. The largest absolute Gasteiger partial charge is 0.236 e. The van der Waals surface area contributed by atoms with Crippen molar-refractivity contribution in [3.8, 4) is 0 Å². The van der Waals surface area contributed by atoms with E-state index in [0.717, 1.165) is 0 Å². The molecule has 0 radical (unpaired) electrons. The number of rotatable bonds is 0. The Balaban J connectivity index is 2.25. The van der Waals surface area contributed by atoms with E-state index in [1.54, 1.807) is 13.8 Å². The molecule has 0 atom stereocenters. The molecule has 0 aromatic rings. The van der Waals surface area contributed by atoms with Gasteiger partial charge in [0.05, 0.1) is 6.42 Å². The lowest BCUT2D eigenvalue weighted by Crippen LogP contribution is -2.27. The van der Waals surface area contributed by atoms with Crippen molar-refractivity contribution >= 4 is 0 Å². The molecule has 2 aliphatic rings. The summed E-state index contributed by atoms with van der Waals surface area (Å²) in [7, 11) is 0. The van der Waals surface area contributed by atoms with Gasteiger partial charge in [0, 0.05) is 0 Å². The molecule has 2 rings (SSSR count). The van der Waals surface area contributed by atoms with Gasteiger partial charge in [0.25, 0.3) is 0 Å². The van der Waals surface area contributed by atoms with Crippen LogP contribution >= 0.6 is 0 Å². The van der Waals surface area contributed by atoms with Crippen LogP contribution in [0.25, 0.3) is 0 Å². The molecule has 2 saturated heterocycles. The highest BCUT2D eigenvalue weighted by molar-refractivity contribution is 4.79. The van der Waals surface area contributed by atoms with Crippen LogP contribution in [0.5, 0.6) is 0 Å². The van der Waals surface area contributed by atoms with Gasteiger partial charge in [-0.2, -0.15) is 19.6 Å². The van der Waals surface area contributed by atoms with Crippen LogP contribution in [0, 0.1) is 0 Å². The zero-order valence-electron chi connectivity index (χ0n) is 5.34. The second-order valence-electron chi connectivity index (χ2n) is 2.78. The highest BCUT2D eigenvalue weighted by Gasteiger charge is 2.57. The lowest BCUT2D eigenvalue weighted by atomic mass is 10.1. The highest BCUT2D eigenvalue weighted by atomic mass is 17.4. The summed E-state index contributed by atoms with van der Waals surface area (Å²) in [6.07, 6.45) is 0.625. The molecular weight excluding hydrogens is 124 g/mol. The second kappa shape index (κ2) is 1.29. The first-order valence-electron chi connectivity index (χ1n) is 2.86. The Kier molecular flexibility index (Phi) is 0.806. The normalized spacial score (nSPS) is 56.7. The van der Waals surface area contributed by atoms with Gasteiger partial charge in [0.2, 0.25) is 11.6 Å². The quantitative estimate of drug-likeness (QED) is 0.455. The van der Waals surface area contributed by atoms with Gasteiger partial charge in [0.1, 0.15) is 0 Å². The van der Waals surface area contributed by atoms with E-state index in [-0.39, 0.29) is 0 Å². The Morgan fingerprint density at radius 1 is 0.889 bits per heavy atom. The smallest absolute Gasteiger partial charge is 0.195 e. The Morgan fingerprint density at radius 2 is 1.22 bits per heavy atom. The van der Waals surface area contributed by atoms with E-state index in [9.17, 15) is 0 Å². The van der Waals surface area contributed by atoms with Crippen LogP contribution in [-0.2, 0) is 19.6 Å². The van der Waals surface area contributed by atoms with E-state index in [0.29, 0.717) is 6.42 Å². The van der Waals surface area contributed by atoms with E-state index in [1.165, 1.54) is 0 Å². The first-order chi connectivity index (χ1) is 4.12. The fourth-order valence-corrected chi connectivity index (χ4v) is 1.08. The van der Waals surface area contributed by atoms with E-state index < -0.39 is 11.6 Å². The number of hydrogen-bond acceptors (Lipinski definition) is 4. The minimum atomic E-state index is -0.672. The minimum Gasteiger partial charge on any atom is -0.195 e. The van der Waals surface area contributed by atoms with Crippen molar-refractivity contribution in [2.45, 2.75) is 31.8 Å². The number of hydrogen-bond donors (Lipinski definition) is 0. The van der Waals surface area contributed by atoms with Gasteiger partial charge in [-0.3, -0.25) is 0 Å². The fourth-order valence-electron chi connectivity index (χ4n) is 1.08. The first-order valence-corrected chi connectivity index (χ1v) is 2.86. The Bertz CT molecular complexity index is 120. The van der Waals surface area contributed by atoms with Gasteiger partial charge in [-0.25, -0.2) is 0 Å². The van der Waals surface area contributed by atoms with Crippen molar-refractivity contribution < 1.29 is 19.6 Å². The Labute approximate surface area is 52.5 Å². The predicted octanol–water partition coefficient (Wildman–Crippen LogP) is 0.732. The molecule has 2 fully saturated rings. The summed E-state index contributed by atoms with van der Waals surface area (Å²) >= 11 is 0. The van der Waals surface area contributed by atoms with Gasteiger partial charge >= 0.3 is 0 Å². The monoisotopic (exact) mass is 132 g/mol. The van der Waals surface area contributed by atoms with Crippen LogP contribution < -0.4 is 0 Å². The summed E-state index contributed by atoms with van der Waals surface area (Å²) in [5.41, 5.74) is 0. The van der Waals surface area contributed by atoms with Crippen LogP contribution in [-0.4, -0.2) is 11.6 Å². The predicted molar refractivity (Wildman–Crippen MR) is 25.8 cm³/mol. The maximum absolute atomic E-state index is 4.80. The molecule has 0 N–H and O–H groups in total. The average molecular weight is 132 g/mol. The maximum Gasteiger partial charge on any atom is 0.236 e. The Hall–Kier alpha value is -0.160. The van der Waals surface area contributed by atoms with Crippen LogP contribution in [0.4, 0.5) is 0 Å². The maximum atomic E-state index is 4.80. The van der Waals surface area contributed by atoms with Crippen LogP contribution in [0.3, 0.4) is 0 Å². The van der Waals surface area contributed by atoms with E-state index in [1.807, 2.05) is 0 Å². The van der Waals surface area contributed by atoms with Gasteiger partial charge < -0.3 is 0 Å². The van der Waals surface area contributed by atoms with E-state index >= 15 is 0 Å². The summed E-state index contributed by atoms with van der Waals surface area (Å²) in [5.74, 6) is -1.34. The summed E-state index contributed by atoms with van der Waals surface area (Å²) in [5, 5.41) is 0. The molecule has 4 heteroatoms. The third-order valence-corrected chi connectivity index (χ3v) is 1.43. The molecule has 0 saturated carbocycles. The standard InChI is InChI=1S/C5H8O4/c1-4-3-5(2,8-6-4)9-7-4/h3H2,1-2H3. The van der Waals surface area contributed by atoms with E-state index in [4.69, 9.17) is 19.6 Å². The zero-order chi connectivity index (χ0) is 6.54. The zero-order valence-corrected chi connectivity index (χ0v) is 5.34. The van der Waals surface area contributed by atoms with Crippen molar-refractivity contribution in [1.29, 1.82) is 0 Å². The highest BCUT2D eigenvalue weighted by Crippen LogP contribution is 2.44. The molecule has 0 aromatic heterocycles. The van der Waals surface area contributed by atoms with Crippen LogP contribution in [0.2, 0.25) is 0 Å². The fraction of sp³-hybridized carbons (Fsp3) is 1.00. The molecule has 0 aromatic carbocycles. The van der Waals surface area contributed by atoms with Gasteiger partial charge in [-0.1, -0.05) is 0 Å². The molecule has 9 heavy (non-hydrogen) atoms. The van der Waals surface area contributed by atoms with E-state index in [2.05, 4.69) is 0 Å². The molecule has 0 amide bonds.